The van der Waals surface area contributed by atoms with E-state index in [4.69, 9.17) is 5.73 Å². The lowest BCUT2D eigenvalue weighted by Gasteiger charge is -2.31. The maximum atomic E-state index is 5.98. The van der Waals surface area contributed by atoms with Crippen LogP contribution in [0.2, 0.25) is 0 Å². The number of likely N-dealkylation sites (N-methyl/N-ethyl adjacent to an activating group) is 1. The molecule has 0 amide bonds. The molecule has 0 radical (unpaired) electrons. The van der Waals surface area contributed by atoms with Crippen LogP contribution in [0.15, 0.2) is 17.5 Å². The number of thiophene rings is 1. The van der Waals surface area contributed by atoms with Crippen molar-refractivity contribution in [2.45, 2.75) is 51.1 Å². The van der Waals surface area contributed by atoms with E-state index >= 15 is 0 Å². The van der Waals surface area contributed by atoms with E-state index in [1.54, 1.807) is 0 Å². The normalized spacial score (nSPS) is 19.3. The van der Waals surface area contributed by atoms with E-state index in [0.717, 1.165) is 19.0 Å². The lowest BCUT2D eigenvalue weighted by Crippen LogP contribution is -2.39. The molecule has 0 aliphatic heterocycles. The summed E-state index contributed by atoms with van der Waals surface area (Å²) >= 11 is 1.84. The van der Waals surface area contributed by atoms with Crippen LogP contribution in [0.25, 0.3) is 0 Å². The molecule has 1 fully saturated rings. The number of nitrogens with two attached hydrogens (primary N) is 1. The van der Waals surface area contributed by atoms with Crippen molar-refractivity contribution in [1.82, 2.24) is 4.90 Å². The van der Waals surface area contributed by atoms with Crippen molar-refractivity contribution in [3.63, 3.8) is 0 Å². The van der Waals surface area contributed by atoms with Gasteiger partial charge in [-0.15, -0.1) is 11.3 Å². The van der Waals surface area contributed by atoms with Crippen molar-refractivity contribution in [3.8, 4) is 0 Å². The Kier molecular flexibility index (Phi) is 5.67. The van der Waals surface area contributed by atoms with Crippen LogP contribution >= 0.6 is 11.3 Å². The van der Waals surface area contributed by atoms with Gasteiger partial charge in [0.25, 0.3) is 0 Å². The molecule has 18 heavy (non-hydrogen) atoms. The molecular formula is C15H26N2S. The van der Waals surface area contributed by atoms with Crippen molar-refractivity contribution in [2.75, 3.05) is 13.6 Å². The molecule has 3 heteroatoms. The fourth-order valence-corrected chi connectivity index (χ4v) is 3.81. The molecule has 1 heterocycles. The summed E-state index contributed by atoms with van der Waals surface area (Å²) in [7, 11) is 2.22. The van der Waals surface area contributed by atoms with Crippen molar-refractivity contribution < 1.29 is 0 Å². The lowest BCUT2D eigenvalue weighted by molar-refractivity contribution is 0.186. The molecule has 1 saturated carbocycles. The molecule has 0 spiro atoms. The Bertz CT molecular complexity index is 317. The summed E-state index contributed by atoms with van der Waals surface area (Å²) in [6, 6.07) is 4.90. The molecule has 2 rings (SSSR count). The monoisotopic (exact) mass is 266 g/mol. The van der Waals surface area contributed by atoms with Gasteiger partial charge in [0.05, 0.1) is 0 Å². The van der Waals surface area contributed by atoms with Crippen LogP contribution in [-0.4, -0.2) is 24.5 Å². The molecule has 1 aliphatic carbocycles. The van der Waals surface area contributed by atoms with Gasteiger partial charge in [-0.2, -0.15) is 0 Å². The largest absolute Gasteiger partial charge is 0.329 e. The van der Waals surface area contributed by atoms with E-state index < -0.39 is 0 Å². The third kappa shape index (κ3) is 4.08. The number of hydrogen-bond acceptors (Lipinski definition) is 3. The third-order valence-electron chi connectivity index (χ3n) is 4.21. The van der Waals surface area contributed by atoms with Gasteiger partial charge in [-0.3, -0.25) is 4.90 Å². The molecule has 1 aromatic rings. The molecule has 1 atom stereocenters. The SMILES string of the molecule is CN(Cc1cccs1)C(CN)CC1CCCCC1. The average Bonchev–Trinajstić information content (AvgIpc) is 2.90. The number of hydrogen-bond donors (Lipinski definition) is 1. The van der Waals surface area contributed by atoms with Gasteiger partial charge in [0.2, 0.25) is 0 Å². The summed E-state index contributed by atoms with van der Waals surface area (Å²) < 4.78 is 0. The zero-order chi connectivity index (χ0) is 12.8. The van der Waals surface area contributed by atoms with Gasteiger partial charge in [0, 0.05) is 24.0 Å². The van der Waals surface area contributed by atoms with Crippen LogP contribution in [0.5, 0.6) is 0 Å². The Labute approximate surface area is 115 Å². The minimum absolute atomic E-state index is 0.551. The second-order valence-electron chi connectivity index (χ2n) is 5.62. The molecule has 1 unspecified atom stereocenters. The van der Waals surface area contributed by atoms with E-state index in [0.29, 0.717) is 6.04 Å². The van der Waals surface area contributed by atoms with Gasteiger partial charge in [-0.05, 0) is 30.8 Å². The van der Waals surface area contributed by atoms with Gasteiger partial charge in [0.15, 0.2) is 0 Å². The highest BCUT2D eigenvalue weighted by molar-refractivity contribution is 7.09. The molecule has 1 aromatic heterocycles. The zero-order valence-electron chi connectivity index (χ0n) is 11.5. The predicted molar refractivity (Wildman–Crippen MR) is 79.8 cm³/mol. The topological polar surface area (TPSA) is 29.3 Å². The maximum absolute atomic E-state index is 5.98. The first-order valence-corrected chi connectivity index (χ1v) is 8.10. The van der Waals surface area contributed by atoms with Gasteiger partial charge in [0.1, 0.15) is 0 Å². The first-order chi connectivity index (χ1) is 8.79. The van der Waals surface area contributed by atoms with Crippen molar-refractivity contribution in [1.29, 1.82) is 0 Å². The number of nitrogens with zero attached hydrogens (tertiary/aromatic N) is 1. The van der Waals surface area contributed by atoms with E-state index in [9.17, 15) is 0 Å². The fourth-order valence-electron chi connectivity index (χ4n) is 3.04. The van der Waals surface area contributed by atoms with Crippen LogP contribution in [-0.2, 0) is 6.54 Å². The highest BCUT2D eigenvalue weighted by Gasteiger charge is 2.21. The molecular weight excluding hydrogens is 240 g/mol. The Morgan fingerprint density at radius 2 is 2.17 bits per heavy atom. The molecule has 0 aromatic carbocycles. The van der Waals surface area contributed by atoms with E-state index in [-0.39, 0.29) is 0 Å². The van der Waals surface area contributed by atoms with Crippen LogP contribution in [0.1, 0.15) is 43.4 Å². The van der Waals surface area contributed by atoms with Gasteiger partial charge in [-0.25, -0.2) is 0 Å². The summed E-state index contributed by atoms with van der Waals surface area (Å²) in [6.45, 7) is 1.84. The molecule has 2 nitrogen and oxygen atoms in total. The highest BCUT2D eigenvalue weighted by atomic mass is 32.1. The Hall–Kier alpha value is -0.380. The first-order valence-electron chi connectivity index (χ1n) is 7.22. The average molecular weight is 266 g/mol. The quantitative estimate of drug-likeness (QED) is 0.854. The van der Waals surface area contributed by atoms with Gasteiger partial charge in [-0.1, -0.05) is 38.2 Å². The summed E-state index contributed by atoms with van der Waals surface area (Å²) in [5.41, 5.74) is 5.98. The minimum atomic E-state index is 0.551. The standard InChI is InChI=1S/C15H26N2S/c1-17(12-15-8-5-9-18-15)14(11-16)10-13-6-3-2-4-7-13/h5,8-9,13-14H,2-4,6-7,10-12,16H2,1H3. The summed E-state index contributed by atoms with van der Waals surface area (Å²) in [5.74, 6) is 0.915. The molecule has 0 saturated heterocycles. The zero-order valence-corrected chi connectivity index (χ0v) is 12.3. The molecule has 2 N–H and O–H groups in total. The summed E-state index contributed by atoms with van der Waals surface area (Å²) in [5, 5.41) is 2.15. The molecule has 102 valence electrons. The van der Waals surface area contributed by atoms with E-state index in [1.165, 1.54) is 43.4 Å². The lowest BCUT2D eigenvalue weighted by atomic mass is 9.84. The predicted octanol–water partition coefficient (Wildman–Crippen LogP) is 3.48. The maximum Gasteiger partial charge on any atom is 0.0328 e. The smallest absolute Gasteiger partial charge is 0.0328 e. The van der Waals surface area contributed by atoms with E-state index in [1.807, 2.05) is 11.3 Å². The highest BCUT2D eigenvalue weighted by Crippen LogP contribution is 2.28. The fraction of sp³-hybridized carbons (Fsp3) is 0.733. The van der Waals surface area contributed by atoms with Crippen molar-refractivity contribution >= 4 is 11.3 Å². The van der Waals surface area contributed by atoms with Crippen LogP contribution in [0.4, 0.5) is 0 Å². The second-order valence-corrected chi connectivity index (χ2v) is 6.66. The van der Waals surface area contributed by atoms with E-state index in [2.05, 4.69) is 29.5 Å². The Morgan fingerprint density at radius 3 is 2.78 bits per heavy atom. The van der Waals surface area contributed by atoms with Crippen molar-refractivity contribution in [3.05, 3.63) is 22.4 Å². The Morgan fingerprint density at radius 1 is 1.39 bits per heavy atom. The first kappa shape index (κ1) is 14.0. The summed E-state index contributed by atoms with van der Waals surface area (Å²) in [4.78, 5) is 3.89. The number of rotatable bonds is 6. The van der Waals surface area contributed by atoms with Gasteiger partial charge < -0.3 is 5.73 Å². The van der Waals surface area contributed by atoms with Gasteiger partial charge >= 0.3 is 0 Å². The Balaban J connectivity index is 1.82. The minimum Gasteiger partial charge on any atom is -0.329 e. The molecule has 0 bridgehead atoms. The van der Waals surface area contributed by atoms with Crippen LogP contribution in [0.3, 0.4) is 0 Å². The third-order valence-corrected chi connectivity index (χ3v) is 5.07. The van der Waals surface area contributed by atoms with Crippen LogP contribution in [0, 0.1) is 5.92 Å². The molecule has 1 aliphatic rings. The second kappa shape index (κ2) is 7.27. The van der Waals surface area contributed by atoms with Crippen LogP contribution < -0.4 is 5.73 Å². The van der Waals surface area contributed by atoms with Crippen molar-refractivity contribution in [2.24, 2.45) is 11.7 Å². The summed E-state index contributed by atoms with van der Waals surface area (Å²) in [6.07, 6.45) is 8.42.